The van der Waals surface area contributed by atoms with Crippen LogP contribution in [-0.2, 0) is 0 Å². The van der Waals surface area contributed by atoms with Gasteiger partial charge in [0.2, 0.25) is 0 Å². The topological polar surface area (TPSA) is 36.0 Å². The highest BCUT2D eigenvalue weighted by Gasteiger charge is 2.07. The molecule has 1 aromatic heterocycles. The van der Waals surface area contributed by atoms with E-state index in [9.17, 15) is 5.11 Å². The van der Waals surface area contributed by atoms with Gasteiger partial charge in [-0.1, -0.05) is 18.2 Å². The van der Waals surface area contributed by atoms with Crippen molar-refractivity contribution < 1.29 is 5.11 Å². The first kappa shape index (κ1) is 9.16. The zero-order chi connectivity index (χ0) is 10.3. The molecule has 0 aliphatic heterocycles. The summed E-state index contributed by atoms with van der Waals surface area (Å²) in [5, 5.41) is 10.9. The van der Waals surface area contributed by atoms with Crippen LogP contribution in [0.1, 0.15) is 11.1 Å². The van der Waals surface area contributed by atoms with Crippen molar-refractivity contribution in [3.05, 3.63) is 41.1 Å². The van der Waals surface area contributed by atoms with Crippen molar-refractivity contribution in [3.8, 4) is 0 Å². The van der Waals surface area contributed by atoms with E-state index in [1.54, 1.807) is 6.20 Å². The van der Waals surface area contributed by atoms with Crippen molar-refractivity contribution in [2.24, 2.45) is 0 Å². The van der Waals surface area contributed by atoms with Gasteiger partial charge in [0.05, 0.1) is 0 Å². The molecule has 0 radical (unpaired) electrons. The Balaban J connectivity index is 2.80. The van der Waals surface area contributed by atoms with Gasteiger partial charge >= 0.3 is 0 Å². The summed E-state index contributed by atoms with van der Waals surface area (Å²) in [6.45, 7) is 5.43. The molecular formula is C11H10ClNO. The maximum atomic E-state index is 9.31. The van der Waals surface area contributed by atoms with Gasteiger partial charge < -0.3 is 10.1 Å². The lowest BCUT2D eigenvalue weighted by Crippen LogP contribution is -1.79. The Morgan fingerprint density at radius 1 is 1.50 bits per heavy atom. The monoisotopic (exact) mass is 207 g/mol. The molecule has 1 heterocycles. The second-order valence-electron chi connectivity index (χ2n) is 3.30. The van der Waals surface area contributed by atoms with E-state index >= 15 is 0 Å². The number of H-pyrrole nitrogens is 1. The Bertz CT molecular complexity index is 513. The summed E-state index contributed by atoms with van der Waals surface area (Å²) < 4.78 is 0. The fourth-order valence-corrected chi connectivity index (χ4v) is 1.65. The number of hydrogen-bond acceptors (Lipinski definition) is 1. The second-order valence-corrected chi connectivity index (χ2v) is 3.70. The van der Waals surface area contributed by atoms with Crippen LogP contribution < -0.4 is 0 Å². The number of hydrogen-bond donors (Lipinski definition) is 2. The fourth-order valence-electron chi connectivity index (χ4n) is 1.49. The van der Waals surface area contributed by atoms with Crippen molar-refractivity contribution in [3.63, 3.8) is 0 Å². The highest BCUT2D eigenvalue weighted by atomic mass is 35.5. The minimum absolute atomic E-state index is 0.0520. The third-order valence-corrected chi connectivity index (χ3v) is 2.68. The number of aliphatic hydroxyl groups excluding tert-OH is 1. The Labute approximate surface area is 86.8 Å². The molecular weight excluding hydrogens is 198 g/mol. The van der Waals surface area contributed by atoms with Crippen LogP contribution in [0.4, 0.5) is 0 Å². The normalized spacial score (nSPS) is 10.7. The smallest absolute Gasteiger partial charge is 0.117 e. The largest absolute Gasteiger partial charge is 0.508 e. The highest BCUT2D eigenvalue weighted by molar-refractivity contribution is 6.32. The summed E-state index contributed by atoms with van der Waals surface area (Å²) in [6, 6.07) is 3.78. The molecule has 1 aromatic carbocycles. The van der Waals surface area contributed by atoms with Gasteiger partial charge in [0.25, 0.3) is 0 Å². The Kier molecular flexibility index (Phi) is 2.01. The van der Waals surface area contributed by atoms with Crippen LogP contribution in [-0.4, -0.2) is 10.1 Å². The van der Waals surface area contributed by atoms with Crippen LogP contribution in [0.2, 0.25) is 5.02 Å². The molecule has 2 nitrogen and oxygen atoms in total. The minimum Gasteiger partial charge on any atom is -0.508 e. The van der Waals surface area contributed by atoms with Crippen molar-refractivity contribution in [1.82, 2.24) is 4.98 Å². The Morgan fingerprint density at radius 2 is 2.21 bits per heavy atom. The van der Waals surface area contributed by atoms with Crippen molar-refractivity contribution in [2.75, 3.05) is 0 Å². The third kappa shape index (κ3) is 1.28. The van der Waals surface area contributed by atoms with E-state index in [-0.39, 0.29) is 5.76 Å². The standard InChI is InChI=1S/C11H10ClNO/c1-6-3-11-8(4-10(6)12)9(5-13-11)7(2)14/h3-5,13-14H,2H2,1H3. The Hall–Kier alpha value is -1.41. The fraction of sp³-hybridized carbons (Fsp3) is 0.0909. The van der Waals surface area contributed by atoms with E-state index in [0.717, 1.165) is 16.5 Å². The molecule has 72 valence electrons. The first-order chi connectivity index (χ1) is 6.59. The van der Waals surface area contributed by atoms with E-state index in [4.69, 9.17) is 11.6 Å². The lowest BCUT2D eigenvalue weighted by Gasteiger charge is -1.99. The van der Waals surface area contributed by atoms with Gasteiger partial charge in [-0.2, -0.15) is 0 Å². The van der Waals surface area contributed by atoms with E-state index in [0.29, 0.717) is 10.6 Å². The molecule has 0 saturated carbocycles. The molecule has 0 unspecified atom stereocenters. The highest BCUT2D eigenvalue weighted by Crippen LogP contribution is 2.27. The summed E-state index contributed by atoms with van der Waals surface area (Å²) in [6.07, 6.45) is 1.72. The van der Waals surface area contributed by atoms with Crippen molar-refractivity contribution in [2.45, 2.75) is 6.92 Å². The molecule has 0 spiro atoms. The number of aryl methyl sites for hydroxylation is 1. The van der Waals surface area contributed by atoms with Crippen LogP contribution in [0.5, 0.6) is 0 Å². The van der Waals surface area contributed by atoms with Gasteiger partial charge in [0, 0.05) is 27.7 Å². The molecule has 2 N–H and O–H groups in total. The van der Waals surface area contributed by atoms with Gasteiger partial charge in [-0.05, 0) is 24.6 Å². The molecule has 0 atom stereocenters. The lowest BCUT2D eigenvalue weighted by atomic mass is 10.1. The molecule has 0 aliphatic rings. The summed E-state index contributed by atoms with van der Waals surface area (Å²) in [5.74, 6) is 0.0520. The van der Waals surface area contributed by atoms with Gasteiger partial charge in [-0.3, -0.25) is 0 Å². The van der Waals surface area contributed by atoms with Gasteiger partial charge in [-0.15, -0.1) is 0 Å². The number of nitrogens with one attached hydrogen (secondary N) is 1. The predicted octanol–water partition coefficient (Wildman–Crippen LogP) is 3.66. The number of rotatable bonds is 1. The molecule has 2 aromatic rings. The summed E-state index contributed by atoms with van der Waals surface area (Å²) in [7, 11) is 0. The number of fused-ring (bicyclic) bond motifs is 1. The van der Waals surface area contributed by atoms with Crippen molar-refractivity contribution >= 4 is 28.3 Å². The zero-order valence-electron chi connectivity index (χ0n) is 7.76. The third-order valence-electron chi connectivity index (χ3n) is 2.27. The maximum Gasteiger partial charge on any atom is 0.117 e. The van der Waals surface area contributed by atoms with Crippen LogP contribution in [0.25, 0.3) is 16.7 Å². The summed E-state index contributed by atoms with van der Waals surface area (Å²) in [5.41, 5.74) is 2.66. The first-order valence-corrected chi connectivity index (χ1v) is 4.63. The Morgan fingerprint density at radius 3 is 2.86 bits per heavy atom. The van der Waals surface area contributed by atoms with E-state index < -0.39 is 0 Å². The van der Waals surface area contributed by atoms with Crippen LogP contribution in [0.15, 0.2) is 24.9 Å². The molecule has 0 bridgehead atoms. The molecule has 14 heavy (non-hydrogen) atoms. The minimum atomic E-state index is 0.0520. The lowest BCUT2D eigenvalue weighted by molar-refractivity contribution is 0.514. The van der Waals surface area contributed by atoms with E-state index in [1.165, 1.54) is 0 Å². The van der Waals surface area contributed by atoms with Crippen LogP contribution in [0.3, 0.4) is 0 Å². The maximum absolute atomic E-state index is 9.31. The van der Waals surface area contributed by atoms with E-state index in [2.05, 4.69) is 11.6 Å². The summed E-state index contributed by atoms with van der Waals surface area (Å²) in [4.78, 5) is 3.06. The van der Waals surface area contributed by atoms with E-state index in [1.807, 2.05) is 19.1 Å². The van der Waals surface area contributed by atoms with Gasteiger partial charge in [0.15, 0.2) is 0 Å². The molecule has 0 saturated heterocycles. The molecule has 0 amide bonds. The molecule has 2 rings (SSSR count). The van der Waals surface area contributed by atoms with Gasteiger partial charge in [0.1, 0.15) is 5.76 Å². The number of halogens is 1. The molecule has 0 fully saturated rings. The summed E-state index contributed by atoms with van der Waals surface area (Å²) >= 11 is 6.00. The quantitative estimate of drug-likeness (QED) is 0.688. The van der Waals surface area contributed by atoms with Crippen LogP contribution >= 0.6 is 11.6 Å². The zero-order valence-corrected chi connectivity index (χ0v) is 8.52. The second kappa shape index (κ2) is 3.07. The number of aliphatic hydroxyl groups is 1. The SMILES string of the molecule is C=C(O)c1c[nH]c2cc(C)c(Cl)cc12. The molecule has 3 heteroatoms. The van der Waals surface area contributed by atoms with Crippen molar-refractivity contribution in [1.29, 1.82) is 0 Å². The predicted molar refractivity (Wildman–Crippen MR) is 59.7 cm³/mol. The van der Waals surface area contributed by atoms with Crippen LogP contribution in [0, 0.1) is 6.92 Å². The average Bonchev–Trinajstić information content (AvgIpc) is 2.48. The number of aromatic amines is 1. The van der Waals surface area contributed by atoms with Gasteiger partial charge in [-0.25, -0.2) is 0 Å². The molecule has 0 aliphatic carbocycles. The number of benzene rings is 1. The number of aromatic nitrogens is 1. The first-order valence-electron chi connectivity index (χ1n) is 4.25. The average molecular weight is 208 g/mol.